The average molecular weight is 391 g/mol. The summed E-state index contributed by atoms with van der Waals surface area (Å²) in [6.45, 7) is 11.3. The number of benzene rings is 2. The summed E-state index contributed by atoms with van der Waals surface area (Å²) in [4.78, 5) is 0. The van der Waals surface area contributed by atoms with E-state index in [9.17, 15) is 0 Å². The Kier molecular flexibility index (Phi) is 6.35. The van der Waals surface area contributed by atoms with Crippen LogP contribution in [0.2, 0.25) is 18.1 Å². The molecule has 28 heavy (non-hydrogen) atoms. The van der Waals surface area contributed by atoms with Crippen molar-refractivity contribution in [1.82, 2.24) is 0 Å². The quantitative estimate of drug-likeness (QED) is 0.389. The summed E-state index contributed by atoms with van der Waals surface area (Å²) in [5, 5.41) is 0.204. The van der Waals surface area contributed by atoms with Gasteiger partial charge in [0.25, 0.3) is 0 Å². The molecule has 2 heteroatoms. The maximum Gasteiger partial charge on any atom is 0.250 e. The molecule has 0 saturated heterocycles. The Morgan fingerprint density at radius 1 is 0.786 bits per heavy atom. The summed E-state index contributed by atoms with van der Waals surface area (Å²) in [7, 11) is -1.79. The molecule has 0 aromatic heterocycles. The smallest absolute Gasteiger partial charge is 0.250 e. The number of hydrogen-bond acceptors (Lipinski definition) is 1. The summed E-state index contributed by atoms with van der Waals surface area (Å²) >= 11 is 0. The number of rotatable bonds is 3. The first-order valence-electron chi connectivity index (χ1n) is 10.7. The molecule has 1 saturated carbocycles. The predicted octanol–water partition coefficient (Wildman–Crippen LogP) is 7.52. The van der Waals surface area contributed by atoms with Gasteiger partial charge in [-0.3, -0.25) is 0 Å². The van der Waals surface area contributed by atoms with Crippen LogP contribution in [0.3, 0.4) is 0 Å². The minimum Gasteiger partial charge on any atom is -0.544 e. The first kappa shape index (κ1) is 20.7. The van der Waals surface area contributed by atoms with E-state index in [0.717, 1.165) is 22.8 Å². The van der Waals surface area contributed by atoms with E-state index in [1.165, 1.54) is 37.7 Å². The summed E-state index contributed by atoms with van der Waals surface area (Å²) in [6.07, 6.45) is 6.84. The van der Waals surface area contributed by atoms with Crippen molar-refractivity contribution in [2.45, 2.75) is 76.9 Å². The van der Waals surface area contributed by atoms with Gasteiger partial charge in [-0.15, -0.1) is 0 Å². The fourth-order valence-corrected chi connectivity index (χ4v) is 4.50. The second kappa shape index (κ2) is 8.58. The molecule has 1 fully saturated rings. The maximum atomic E-state index is 6.35. The zero-order valence-electron chi connectivity index (χ0n) is 18.1. The van der Waals surface area contributed by atoms with Gasteiger partial charge in [0.05, 0.1) is 0 Å². The van der Waals surface area contributed by atoms with Gasteiger partial charge in [-0.25, -0.2) is 0 Å². The lowest BCUT2D eigenvalue weighted by molar-refractivity contribution is 0.443. The standard InChI is InChI=1S/C26H34OSi/c1-26(2,3)28(4,5)27-25-19-15-22(16-20-25)12-11-21-13-17-24(18-14-21)23-9-7-6-8-10-23/h13-20,23H,6-10H2,1-5H3. The first-order valence-corrected chi connectivity index (χ1v) is 13.6. The average Bonchev–Trinajstić information content (AvgIpc) is 2.67. The van der Waals surface area contributed by atoms with E-state index in [4.69, 9.17) is 4.43 Å². The molecule has 0 atom stereocenters. The molecule has 2 aromatic rings. The van der Waals surface area contributed by atoms with E-state index in [1.807, 2.05) is 0 Å². The Balaban J connectivity index is 1.64. The Hall–Kier alpha value is -1.98. The second-order valence-electron chi connectivity index (χ2n) is 9.59. The third-order valence-corrected chi connectivity index (χ3v) is 10.7. The van der Waals surface area contributed by atoms with Crippen LogP contribution in [0.15, 0.2) is 48.5 Å². The topological polar surface area (TPSA) is 9.23 Å². The van der Waals surface area contributed by atoms with Crippen LogP contribution in [0, 0.1) is 11.8 Å². The number of hydrogen-bond donors (Lipinski definition) is 0. The van der Waals surface area contributed by atoms with Crippen molar-refractivity contribution in [3.63, 3.8) is 0 Å². The third-order valence-electron chi connectivity index (χ3n) is 6.37. The highest BCUT2D eigenvalue weighted by molar-refractivity contribution is 6.74. The van der Waals surface area contributed by atoms with E-state index >= 15 is 0 Å². The molecule has 0 bridgehead atoms. The van der Waals surface area contributed by atoms with Gasteiger partial charge in [-0.1, -0.05) is 64.0 Å². The third kappa shape index (κ3) is 5.30. The van der Waals surface area contributed by atoms with Gasteiger partial charge in [-0.2, -0.15) is 0 Å². The van der Waals surface area contributed by atoms with Crippen LogP contribution in [-0.2, 0) is 0 Å². The van der Waals surface area contributed by atoms with Gasteiger partial charge in [-0.05, 0) is 78.9 Å². The van der Waals surface area contributed by atoms with Crippen LogP contribution in [0.4, 0.5) is 0 Å². The highest BCUT2D eigenvalue weighted by Gasteiger charge is 2.38. The zero-order chi connectivity index (χ0) is 20.2. The van der Waals surface area contributed by atoms with Crippen molar-refractivity contribution in [3.8, 4) is 17.6 Å². The SMILES string of the molecule is CC(C)(C)[Si](C)(C)Oc1ccc(C#Cc2ccc(C3CCCCC3)cc2)cc1. The Morgan fingerprint density at radius 3 is 1.79 bits per heavy atom. The summed E-state index contributed by atoms with van der Waals surface area (Å²) < 4.78 is 6.35. The van der Waals surface area contributed by atoms with Crippen LogP contribution < -0.4 is 4.43 Å². The summed E-state index contributed by atoms with van der Waals surface area (Å²) in [5.74, 6) is 8.29. The summed E-state index contributed by atoms with van der Waals surface area (Å²) in [6, 6.07) is 17.1. The van der Waals surface area contributed by atoms with Crippen LogP contribution in [0.1, 0.15) is 75.5 Å². The molecule has 0 amide bonds. The minimum atomic E-state index is -1.79. The van der Waals surface area contributed by atoms with Crippen molar-refractivity contribution < 1.29 is 4.43 Å². The van der Waals surface area contributed by atoms with Crippen molar-refractivity contribution >= 4 is 8.32 Å². The van der Waals surface area contributed by atoms with Crippen LogP contribution in [0.5, 0.6) is 5.75 Å². The van der Waals surface area contributed by atoms with Crippen LogP contribution >= 0.6 is 0 Å². The molecule has 2 aromatic carbocycles. The molecule has 1 aliphatic carbocycles. The van der Waals surface area contributed by atoms with Gasteiger partial charge >= 0.3 is 0 Å². The van der Waals surface area contributed by atoms with Gasteiger partial charge in [0.15, 0.2) is 0 Å². The molecule has 0 N–H and O–H groups in total. The predicted molar refractivity (Wildman–Crippen MR) is 123 cm³/mol. The van der Waals surface area contributed by atoms with E-state index in [-0.39, 0.29) is 5.04 Å². The van der Waals surface area contributed by atoms with Crippen molar-refractivity contribution in [3.05, 3.63) is 65.2 Å². The fraction of sp³-hybridized carbons (Fsp3) is 0.462. The summed E-state index contributed by atoms with van der Waals surface area (Å²) in [5.41, 5.74) is 3.59. The molecule has 3 rings (SSSR count). The maximum absolute atomic E-state index is 6.35. The molecule has 0 unspecified atom stereocenters. The van der Waals surface area contributed by atoms with Gasteiger partial charge in [0.2, 0.25) is 8.32 Å². The lowest BCUT2D eigenvalue weighted by atomic mass is 9.84. The van der Waals surface area contributed by atoms with Gasteiger partial charge in [0, 0.05) is 11.1 Å². The van der Waals surface area contributed by atoms with Gasteiger partial charge in [0.1, 0.15) is 5.75 Å². The molecule has 0 heterocycles. The van der Waals surface area contributed by atoms with Crippen molar-refractivity contribution in [2.24, 2.45) is 0 Å². The normalized spacial score (nSPS) is 15.6. The lowest BCUT2D eigenvalue weighted by Gasteiger charge is -2.36. The van der Waals surface area contributed by atoms with E-state index in [2.05, 4.69) is 94.2 Å². The van der Waals surface area contributed by atoms with Crippen molar-refractivity contribution in [2.75, 3.05) is 0 Å². The molecule has 148 valence electrons. The molecule has 1 nitrogen and oxygen atoms in total. The monoisotopic (exact) mass is 390 g/mol. The van der Waals surface area contributed by atoms with E-state index < -0.39 is 8.32 Å². The highest BCUT2D eigenvalue weighted by atomic mass is 28.4. The van der Waals surface area contributed by atoms with Crippen molar-refractivity contribution in [1.29, 1.82) is 0 Å². The molecule has 0 aliphatic heterocycles. The lowest BCUT2D eigenvalue weighted by Crippen LogP contribution is -2.43. The van der Waals surface area contributed by atoms with Crippen LogP contribution in [0.25, 0.3) is 0 Å². The van der Waals surface area contributed by atoms with E-state index in [0.29, 0.717) is 0 Å². The Morgan fingerprint density at radius 2 is 1.29 bits per heavy atom. The molecule has 1 aliphatic rings. The largest absolute Gasteiger partial charge is 0.544 e. The molecular weight excluding hydrogens is 356 g/mol. The Bertz CT molecular complexity index is 823. The zero-order valence-corrected chi connectivity index (χ0v) is 19.1. The minimum absolute atomic E-state index is 0.204. The fourth-order valence-electron chi connectivity index (χ4n) is 3.47. The van der Waals surface area contributed by atoms with Gasteiger partial charge < -0.3 is 4.43 Å². The highest BCUT2D eigenvalue weighted by Crippen LogP contribution is 2.37. The molecule has 0 spiro atoms. The second-order valence-corrected chi connectivity index (χ2v) is 14.3. The molecular formula is C26H34OSi. The van der Waals surface area contributed by atoms with E-state index in [1.54, 1.807) is 0 Å². The van der Waals surface area contributed by atoms with Crippen LogP contribution in [-0.4, -0.2) is 8.32 Å². The first-order chi connectivity index (χ1) is 13.2. The molecule has 0 radical (unpaired) electrons. The Labute approximate surface area is 172 Å².